The van der Waals surface area contributed by atoms with Gasteiger partial charge in [-0.2, -0.15) is 0 Å². The van der Waals surface area contributed by atoms with Crippen molar-refractivity contribution in [3.05, 3.63) is 10.7 Å². The second kappa shape index (κ2) is 5.62. The molecule has 0 bridgehead atoms. The first kappa shape index (κ1) is 13.2. The van der Waals surface area contributed by atoms with E-state index in [0.717, 1.165) is 24.2 Å². The number of aromatic nitrogens is 1. The minimum absolute atomic E-state index is 0.162. The summed E-state index contributed by atoms with van der Waals surface area (Å²) in [6, 6.07) is 0. The molecule has 17 heavy (non-hydrogen) atoms. The second-order valence-electron chi connectivity index (χ2n) is 3.84. The summed E-state index contributed by atoms with van der Waals surface area (Å²) in [5.74, 6) is 0.349. The van der Waals surface area contributed by atoms with E-state index in [1.807, 2.05) is 0 Å². The van der Waals surface area contributed by atoms with Crippen LogP contribution in [0.2, 0.25) is 4.47 Å². The summed E-state index contributed by atoms with van der Waals surface area (Å²) in [6.45, 7) is 1.86. The van der Waals surface area contributed by atoms with E-state index in [1.165, 1.54) is 6.20 Å². The van der Waals surface area contributed by atoms with Gasteiger partial charge in [0.15, 0.2) is 8.68 Å². The molecule has 1 N–H and O–H groups in total. The van der Waals surface area contributed by atoms with E-state index >= 15 is 0 Å². The molecule has 0 aliphatic carbocycles. The first-order valence-corrected chi connectivity index (χ1v) is 7.94. The molecule has 1 fully saturated rings. The smallest absolute Gasteiger partial charge is 0.251 e. The SMILES string of the molecule is O=S(=O)(NCC1CCOCC1)c1cnc(Cl)s1. The highest BCUT2D eigenvalue weighted by molar-refractivity contribution is 7.91. The van der Waals surface area contributed by atoms with Crippen LogP contribution in [0.1, 0.15) is 12.8 Å². The third-order valence-corrected chi connectivity index (χ3v) is 5.62. The molecule has 1 aromatic heterocycles. The van der Waals surface area contributed by atoms with Crippen molar-refractivity contribution >= 4 is 33.0 Å². The van der Waals surface area contributed by atoms with Crippen molar-refractivity contribution < 1.29 is 13.2 Å². The Morgan fingerprint density at radius 2 is 2.24 bits per heavy atom. The predicted octanol–water partition coefficient (Wildman–Crippen LogP) is 1.50. The van der Waals surface area contributed by atoms with Crippen molar-refractivity contribution in [3.63, 3.8) is 0 Å². The van der Waals surface area contributed by atoms with Crippen LogP contribution in [0, 0.1) is 5.92 Å². The Bertz CT molecular complexity index is 468. The normalized spacial score (nSPS) is 18.4. The Labute approximate surface area is 109 Å². The van der Waals surface area contributed by atoms with Gasteiger partial charge < -0.3 is 4.74 Å². The van der Waals surface area contributed by atoms with Crippen LogP contribution in [-0.4, -0.2) is 33.2 Å². The van der Waals surface area contributed by atoms with Crippen LogP contribution >= 0.6 is 22.9 Å². The van der Waals surface area contributed by atoms with Crippen molar-refractivity contribution in [2.75, 3.05) is 19.8 Å². The zero-order valence-electron chi connectivity index (χ0n) is 9.06. The summed E-state index contributed by atoms with van der Waals surface area (Å²) in [4.78, 5) is 3.72. The fourth-order valence-electron chi connectivity index (χ4n) is 1.61. The molecule has 0 atom stereocenters. The van der Waals surface area contributed by atoms with E-state index in [-0.39, 0.29) is 8.68 Å². The lowest BCUT2D eigenvalue weighted by molar-refractivity contribution is 0.0678. The molecule has 1 aromatic rings. The summed E-state index contributed by atoms with van der Waals surface area (Å²) < 4.78 is 31.9. The number of nitrogens with zero attached hydrogens (tertiary/aromatic N) is 1. The van der Waals surface area contributed by atoms with Gasteiger partial charge in [0.2, 0.25) is 0 Å². The van der Waals surface area contributed by atoms with Gasteiger partial charge >= 0.3 is 0 Å². The minimum atomic E-state index is -3.46. The lowest BCUT2D eigenvalue weighted by Crippen LogP contribution is -2.31. The number of sulfonamides is 1. The fraction of sp³-hybridized carbons (Fsp3) is 0.667. The first-order chi connectivity index (χ1) is 8.08. The Morgan fingerprint density at radius 1 is 1.53 bits per heavy atom. The Kier molecular flexibility index (Phi) is 4.37. The number of hydrogen-bond acceptors (Lipinski definition) is 5. The molecule has 2 rings (SSSR count). The molecular formula is C9H13ClN2O3S2. The minimum Gasteiger partial charge on any atom is -0.381 e. The highest BCUT2D eigenvalue weighted by atomic mass is 35.5. The Balaban J connectivity index is 1.93. The monoisotopic (exact) mass is 296 g/mol. The van der Waals surface area contributed by atoms with Gasteiger partial charge in [-0.05, 0) is 18.8 Å². The molecule has 0 saturated carbocycles. The van der Waals surface area contributed by atoms with Crippen LogP contribution in [-0.2, 0) is 14.8 Å². The maximum atomic E-state index is 11.9. The average molecular weight is 297 g/mol. The Hall–Kier alpha value is -0.210. The zero-order chi connectivity index (χ0) is 12.3. The van der Waals surface area contributed by atoms with Crippen molar-refractivity contribution in [2.45, 2.75) is 17.1 Å². The van der Waals surface area contributed by atoms with Crippen molar-refractivity contribution in [3.8, 4) is 0 Å². The topological polar surface area (TPSA) is 68.3 Å². The fourth-order valence-corrected chi connectivity index (χ4v) is 4.07. The van der Waals surface area contributed by atoms with E-state index < -0.39 is 10.0 Å². The number of rotatable bonds is 4. The van der Waals surface area contributed by atoms with Crippen LogP contribution < -0.4 is 4.72 Å². The molecule has 0 unspecified atom stereocenters. The third-order valence-electron chi connectivity index (χ3n) is 2.62. The number of hydrogen-bond donors (Lipinski definition) is 1. The molecule has 0 radical (unpaired) electrons. The van der Waals surface area contributed by atoms with E-state index in [2.05, 4.69) is 9.71 Å². The number of halogens is 1. The quantitative estimate of drug-likeness (QED) is 0.914. The molecule has 96 valence electrons. The predicted molar refractivity (Wildman–Crippen MR) is 65.9 cm³/mol. The molecular weight excluding hydrogens is 284 g/mol. The second-order valence-corrected chi connectivity index (χ2v) is 7.45. The maximum Gasteiger partial charge on any atom is 0.251 e. The van der Waals surface area contributed by atoms with E-state index in [9.17, 15) is 8.42 Å². The van der Waals surface area contributed by atoms with E-state index in [4.69, 9.17) is 16.3 Å². The molecule has 2 heterocycles. The summed E-state index contributed by atoms with van der Waals surface area (Å²) >= 11 is 6.57. The molecule has 8 heteroatoms. The zero-order valence-corrected chi connectivity index (χ0v) is 11.4. The molecule has 0 spiro atoms. The first-order valence-electron chi connectivity index (χ1n) is 5.26. The standard InChI is InChI=1S/C9H13ClN2O3S2/c10-9-11-6-8(16-9)17(13,14)12-5-7-1-3-15-4-2-7/h6-7,12H,1-5H2. The van der Waals surface area contributed by atoms with Crippen molar-refractivity contribution in [1.82, 2.24) is 9.71 Å². The molecule has 0 aromatic carbocycles. The molecule has 1 aliphatic rings. The highest BCUT2D eigenvalue weighted by Gasteiger charge is 2.20. The van der Waals surface area contributed by atoms with Gasteiger partial charge in [-0.3, -0.25) is 0 Å². The van der Waals surface area contributed by atoms with Crippen LogP contribution in [0.3, 0.4) is 0 Å². The van der Waals surface area contributed by atoms with Gasteiger partial charge in [-0.1, -0.05) is 22.9 Å². The number of ether oxygens (including phenoxy) is 1. The van der Waals surface area contributed by atoms with Gasteiger partial charge in [0.25, 0.3) is 10.0 Å². The van der Waals surface area contributed by atoms with Crippen molar-refractivity contribution in [1.29, 1.82) is 0 Å². The molecule has 1 aliphatic heterocycles. The summed E-state index contributed by atoms with van der Waals surface area (Å²) in [6.07, 6.45) is 3.07. The average Bonchev–Trinajstić information content (AvgIpc) is 2.76. The maximum absolute atomic E-state index is 11.9. The molecule has 1 saturated heterocycles. The van der Waals surface area contributed by atoms with E-state index in [1.54, 1.807) is 0 Å². The Morgan fingerprint density at radius 3 is 2.82 bits per heavy atom. The van der Waals surface area contributed by atoms with Crippen LogP contribution in [0.15, 0.2) is 10.4 Å². The lowest BCUT2D eigenvalue weighted by Gasteiger charge is -2.21. The molecule has 5 nitrogen and oxygen atoms in total. The van der Waals surface area contributed by atoms with Crippen LogP contribution in [0.5, 0.6) is 0 Å². The number of thiazole rings is 1. The van der Waals surface area contributed by atoms with Crippen molar-refractivity contribution in [2.24, 2.45) is 5.92 Å². The van der Waals surface area contributed by atoms with Gasteiger partial charge in [0, 0.05) is 19.8 Å². The largest absolute Gasteiger partial charge is 0.381 e. The van der Waals surface area contributed by atoms with Gasteiger partial charge in [0.1, 0.15) is 0 Å². The third kappa shape index (κ3) is 3.62. The van der Waals surface area contributed by atoms with Gasteiger partial charge in [-0.15, -0.1) is 0 Å². The van der Waals surface area contributed by atoms with Gasteiger partial charge in [-0.25, -0.2) is 18.1 Å². The van der Waals surface area contributed by atoms with Gasteiger partial charge in [0.05, 0.1) is 6.20 Å². The summed E-state index contributed by atoms with van der Waals surface area (Å²) in [5, 5.41) is 0. The lowest BCUT2D eigenvalue weighted by atomic mass is 10.0. The van der Waals surface area contributed by atoms with Crippen LogP contribution in [0.4, 0.5) is 0 Å². The van der Waals surface area contributed by atoms with E-state index in [0.29, 0.717) is 25.7 Å². The highest BCUT2D eigenvalue weighted by Crippen LogP contribution is 2.22. The van der Waals surface area contributed by atoms with Crippen LogP contribution in [0.25, 0.3) is 0 Å². The summed E-state index contributed by atoms with van der Waals surface area (Å²) in [7, 11) is -3.46. The number of nitrogens with one attached hydrogen (secondary N) is 1. The molecule has 0 amide bonds. The summed E-state index contributed by atoms with van der Waals surface area (Å²) in [5.41, 5.74) is 0.